The molecule has 0 spiro atoms. The molecule has 0 aliphatic rings. The van der Waals surface area contributed by atoms with Gasteiger partial charge in [0.05, 0.1) is 34.5 Å². The first-order valence-corrected chi connectivity index (χ1v) is 10.6. The monoisotopic (exact) mass is 491 g/mol. The van der Waals surface area contributed by atoms with Gasteiger partial charge in [-0.05, 0) is 30.1 Å². The zero-order chi connectivity index (χ0) is 23.7. The van der Waals surface area contributed by atoms with Crippen molar-refractivity contribution in [2.45, 2.75) is 4.90 Å². The number of hydrogen-bond acceptors (Lipinski definition) is 9. The average Bonchev–Trinajstić information content (AvgIpc) is 2.81. The molecular formula is C20H16ClF2N7O2S. The van der Waals surface area contributed by atoms with Crippen molar-refractivity contribution in [3.8, 4) is 17.1 Å². The van der Waals surface area contributed by atoms with E-state index in [0.717, 1.165) is 22.6 Å². The van der Waals surface area contributed by atoms with Crippen LogP contribution < -0.4 is 20.3 Å². The van der Waals surface area contributed by atoms with Crippen LogP contribution in [0.3, 0.4) is 0 Å². The molecule has 3 heterocycles. The predicted octanol–water partition coefficient (Wildman–Crippen LogP) is 3.89. The molecule has 0 fully saturated rings. The Morgan fingerprint density at radius 3 is 2.70 bits per heavy atom. The van der Waals surface area contributed by atoms with Gasteiger partial charge in [0, 0.05) is 20.3 Å². The van der Waals surface area contributed by atoms with Gasteiger partial charge in [-0.1, -0.05) is 11.6 Å². The van der Waals surface area contributed by atoms with E-state index in [0.29, 0.717) is 9.92 Å². The molecule has 3 aromatic heterocycles. The van der Waals surface area contributed by atoms with Crippen molar-refractivity contribution < 1.29 is 13.5 Å². The number of aromatic nitrogens is 5. The Morgan fingerprint density at radius 2 is 1.97 bits per heavy atom. The van der Waals surface area contributed by atoms with Crippen LogP contribution in [0, 0.1) is 11.6 Å². The minimum Gasteiger partial charge on any atom is -0.480 e. The predicted molar refractivity (Wildman–Crippen MR) is 123 cm³/mol. The third kappa shape index (κ3) is 4.26. The first kappa shape index (κ1) is 22.7. The molecule has 0 atom stereocenters. The second kappa shape index (κ2) is 9.16. The maximum atomic E-state index is 15.4. The fourth-order valence-corrected chi connectivity index (χ4v) is 4.00. The van der Waals surface area contributed by atoms with Gasteiger partial charge in [-0.2, -0.15) is 4.98 Å². The molecule has 1 aromatic carbocycles. The Bertz CT molecular complexity index is 1430. The molecular weight excluding hydrogens is 476 g/mol. The third-order valence-electron chi connectivity index (χ3n) is 4.61. The van der Waals surface area contributed by atoms with Crippen LogP contribution in [0.4, 0.5) is 20.4 Å². The van der Waals surface area contributed by atoms with Crippen molar-refractivity contribution in [2.24, 2.45) is 7.05 Å². The van der Waals surface area contributed by atoms with E-state index < -0.39 is 28.5 Å². The highest BCUT2D eigenvalue weighted by atomic mass is 35.5. The number of anilines is 2. The molecule has 13 heteroatoms. The summed E-state index contributed by atoms with van der Waals surface area (Å²) < 4.78 is 39.2. The molecule has 0 saturated carbocycles. The number of fused-ring (bicyclic) bond motifs is 1. The van der Waals surface area contributed by atoms with Crippen LogP contribution >= 0.6 is 23.5 Å². The Morgan fingerprint density at radius 1 is 1.18 bits per heavy atom. The minimum atomic E-state index is -0.992. The SMILES string of the molecule is CNc1ncc2nc(-c3c(F)ccc(NSc4cc(Cl)cnc4OC)c3F)c(=O)n(C)c2n1. The molecule has 2 N–H and O–H groups in total. The van der Waals surface area contributed by atoms with E-state index in [9.17, 15) is 9.18 Å². The number of hydrogen-bond donors (Lipinski definition) is 2. The van der Waals surface area contributed by atoms with Crippen LogP contribution in [0.5, 0.6) is 5.88 Å². The van der Waals surface area contributed by atoms with Crippen molar-refractivity contribution in [3.63, 3.8) is 0 Å². The van der Waals surface area contributed by atoms with Gasteiger partial charge in [0.15, 0.2) is 11.5 Å². The van der Waals surface area contributed by atoms with Crippen molar-refractivity contribution in [1.29, 1.82) is 0 Å². The number of halogens is 3. The standard InChI is InChI=1S/C20H16ClF2N7O2S/c1-24-20-26-8-12-17(28-20)30(2)19(31)16(27-12)14-10(22)4-5-11(15(14)23)29-33-13-6-9(21)7-25-18(13)32-3/h4-8,29H,1-3H3,(H,24,26,28). The van der Waals surface area contributed by atoms with E-state index >= 15 is 4.39 Å². The first-order chi connectivity index (χ1) is 15.8. The zero-order valence-corrected chi connectivity index (χ0v) is 19.1. The van der Waals surface area contributed by atoms with Gasteiger partial charge in [-0.25, -0.2) is 23.7 Å². The maximum absolute atomic E-state index is 15.4. The average molecular weight is 492 g/mol. The van der Waals surface area contributed by atoms with Crippen LogP contribution in [-0.4, -0.2) is 38.7 Å². The molecule has 4 rings (SSSR count). The van der Waals surface area contributed by atoms with Crippen molar-refractivity contribution in [3.05, 3.63) is 57.6 Å². The normalized spacial score (nSPS) is 11.0. The van der Waals surface area contributed by atoms with E-state index in [4.69, 9.17) is 16.3 Å². The van der Waals surface area contributed by atoms with Gasteiger partial charge < -0.3 is 14.8 Å². The Kier molecular flexibility index (Phi) is 6.29. The van der Waals surface area contributed by atoms with Crippen LogP contribution in [0.15, 0.2) is 40.3 Å². The van der Waals surface area contributed by atoms with Crippen LogP contribution in [0.2, 0.25) is 5.02 Å². The van der Waals surface area contributed by atoms with Crippen LogP contribution in [0.1, 0.15) is 0 Å². The van der Waals surface area contributed by atoms with Crippen molar-refractivity contribution in [2.75, 3.05) is 24.2 Å². The first-order valence-electron chi connectivity index (χ1n) is 9.36. The molecule has 33 heavy (non-hydrogen) atoms. The van der Waals surface area contributed by atoms with E-state index in [1.165, 1.54) is 32.6 Å². The lowest BCUT2D eigenvalue weighted by Gasteiger charge is -2.13. The number of aryl methyl sites for hydroxylation is 1. The Hall–Kier alpha value is -3.51. The van der Waals surface area contributed by atoms with Gasteiger partial charge in [0.2, 0.25) is 11.8 Å². The second-order valence-corrected chi connectivity index (χ2v) is 7.91. The highest BCUT2D eigenvalue weighted by molar-refractivity contribution is 8.00. The Balaban J connectivity index is 1.78. The summed E-state index contributed by atoms with van der Waals surface area (Å²) in [7, 11) is 4.49. The minimum absolute atomic E-state index is 0.0795. The third-order valence-corrected chi connectivity index (χ3v) is 5.65. The number of methoxy groups -OCH3 is 1. The number of rotatable bonds is 6. The molecule has 170 valence electrons. The van der Waals surface area contributed by atoms with Crippen molar-refractivity contribution >= 4 is 46.3 Å². The lowest BCUT2D eigenvalue weighted by Crippen LogP contribution is -2.23. The largest absolute Gasteiger partial charge is 0.480 e. The summed E-state index contributed by atoms with van der Waals surface area (Å²) in [5, 5.41) is 3.11. The van der Waals surface area contributed by atoms with Crippen LogP contribution in [-0.2, 0) is 7.05 Å². The molecule has 0 unspecified atom stereocenters. The molecule has 0 amide bonds. The molecule has 0 aliphatic carbocycles. The lowest BCUT2D eigenvalue weighted by molar-refractivity contribution is 0.387. The molecule has 0 saturated heterocycles. The number of ether oxygens (including phenoxy) is 1. The summed E-state index contributed by atoms with van der Waals surface area (Å²) in [6.07, 6.45) is 2.77. The topological polar surface area (TPSA) is 107 Å². The number of nitrogens with one attached hydrogen (secondary N) is 2. The summed E-state index contributed by atoms with van der Waals surface area (Å²) in [5.74, 6) is -1.39. The van der Waals surface area contributed by atoms with Gasteiger partial charge in [-0.15, -0.1) is 0 Å². The summed E-state index contributed by atoms with van der Waals surface area (Å²) >= 11 is 6.93. The quantitative estimate of drug-likeness (QED) is 0.388. The van der Waals surface area contributed by atoms with Crippen molar-refractivity contribution in [1.82, 2.24) is 24.5 Å². The van der Waals surface area contributed by atoms with Gasteiger partial charge in [0.25, 0.3) is 5.56 Å². The summed E-state index contributed by atoms with van der Waals surface area (Å²) in [6.45, 7) is 0. The highest BCUT2D eigenvalue weighted by Gasteiger charge is 2.22. The molecule has 0 bridgehead atoms. The summed E-state index contributed by atoms with van der Waals surface area (Å²) in [6, 6.07) is 3.83. The van der Waals surface area contributed by atoms with E-state index in [1.54, 1.807) is 13.1 Å². The van der Waals surface area contributed by atoms with E-state index in [-0.39, 0.29) is 28.7 Å². The second-order valence-electron chi connectivity index (χ2n) is 6.63. The summed E-state index contributed by atoms with van der Waals surface area (Å²) in [4.78, 5) is 29.8. The number of benzene rings is 1. The fourth-order valence-electron chi connectivity index (χ4n) is 2.99. The smallest absolute Gasteiger partial charge is 0.278 e. The van der Waals surface area contributed by atoms with Gasteiger partial charge in [-0.3, -0.25) is 9.36 Å². The lowest BCUT2D eigenvalue weighted by atomic mass is 10.1. The van der Waals surface area contributed by atoms with E-state index in [1.807, 2.05) is 0 Å². The fraction of sp³-hybridized carbons (Fsp3) is 0.150. The Labute approximate surface area is 195 Å². The van der Waals surface area contributed by atoms with Crippen LogP contribution in [0.25, 0.3) is 22.4 Å². The molecule has 0 aliphatic heterocycles. The molecule has 4 aromatic rings. The molecule has 0 radical (unpaired) electrons. The molecule has 9 nitrogen and oxygen atoms in total. The maximum Gasteiger partial charge on any atom is 0.278 e. The summed E-state index contributed by atoms with van der Waals surface area (Å²) in [5.41, 5.74) is -1.36. The highest BCUT2D eigenvalue weighted by Crippen LogP contribution is 2.34. The zero-order valence-electron chi connectivity index (χ0n) is 17.5. The van der Waals surface area contributed by atoms with E-state index in [2.05, 4.69) is 30.0 Å². The number of nitrogens with zero attached hydrogens (tertiary/aromatic N) is 5. The van der Waals surface area contributed by atoms with Gasteiger partial charge in [0.1, 0.15) is 17.0 Å². The number of pyridine rings is 1. The van der Waals surface area contributed by atoms with Gasteiger partial charge >= 0.3 is 0 Å².